The van der Waals surface area contributed by atoms with Gasteiger partial charge in [0.05, 0.1) is 12.5 Å². The molecule has 0 spiro atoms. The molecule has 1 fully saturated rings. The zero-order chi connectivity index (χ0) is 19.1. The summed E-state index contributed by atoms with van der Waals surface area (Å²) in [5.41, 5.74) is 0.888. The van der Waals surface area contributed by atoms with Crippen molar-refractivity contribution in [2.45, 2.75) is 19.3 Å². The highest BCUT2D eigenvalue weighted by atomic mass is 16.5. The Labute approximate surface area is 157 Å². The molecule has 1 saturated heterocycles. The average molecular weight is 372 g/mol. The standard InChI is InChI=1S/C19H24N4O4/c1-26-12-11-23-13-15(7-8-17(23)24)19(25)20-10-9-16-21-18(22-27-16)14-5-3-2-4-6-14/h2-6,15H,7-13H2,1H3,(H,20,25). The van der Waals surface area contributed by atoms with E-state index in [2.05, 4.69) is 15.5 Å². The Morgan fingerprint density at radius 3 is 2.96 bits per heavy atom. The highest BCUT2D eigenvalue weighted by Gasteiger charge is 2.29. The van der Waals surface area contributed by atoms with E-state index >= 15 is 0 Å². The van der Waals surface area contributed by atoms with Crippen LogP contribution in [0, 0.1) is 5.92 Å². The molecule has 2 aromatic rings. The molecule has 144 valence electrons. The number of piperidine rings is 1. The molecule has 1 aliphatic rings. The van der Waals surface area contributed by atoms with E-state index in [4.69, 9.17) is 9.26 Å². The molecule has 1 N–H and O–H groups in total. The van der Waals surface area contributed by atoms with E-state index in [-0.39, 0.29) is 17.7 Å². The molecule has 3 rings (SSSR count). The summed E-state index contributed by atoms with van der Waals surface area (Å²) < 4.78 is 10.3. The van der Waals surface area contributed by atoms with Gasteiger partial charge in [-0.25, -0.2) is 0 Å². The van der Waals surface area contributed by atoms with E-state index in [1.165, 1.54) is 0 Å². The molecule has 0 aliphatic carbocycles. The van der Waals surface area contributed by atoms with Gasteiger partial charge in [-0.1, -0.05) is 35.5 Å². The lowest BCUT2D eigenvalue weighted by molar-refractivity contribution is -0.138. The Morgan fingerprint density at radius 2 is 2.19 bits per heavy atom. The first-order valence-electron chi connectivity index (χ1n) is 9.10. The largest absolute Gasteiger partial charge is 0.383 e. The maximum absolute atomic E-state index is 12.4. The van der Waals surface area contributed by atoms with Gasteiger partial charge in [-0.15, -0.1) is 0 Å². The molecular formula is C19H24N4O4. The second-order valence-electron chi connectivity index (χ2n) is 6.49. The van der Waals surface area contributed by atoms with E-state index < -0.39 is 0 Å². The second-order valence-corrected chi connectivity index (χ2v) is 6.49. The molecule has 1 aromatic carbocycles. The fraction of sp³-hybridized carbons (Fsp3) is 0.474. The van der Waals surface area contributed by atoms with Crippen LogP contribution in [0.3, 0.4) is 0 Å². The SMILES string of the molecule is COCCN1CC(C(=O)NCCc2nc(-c3ccccc3)no2)CCC1=O. The highest BCUT2D eigenvalue weighted by molar-refractivity contribution is 5.83. The van der Waals surface area contributed by atoms with Crippen LogP contribution in [0.5, 0.6) is 0 Å². The molecule has 0 radical (unpaired) electrons. The summed E-state index contributed by atoms with van der Waals surface area (Å²) in [6.45, 7) is 1.84. The molecule has 2 heterocycles. The monoisotopic (exact) mass is 372 g/mol. The normalized spacial score (nSPS) is 17.1. The summed E-state index contributed by atoms with van der Waals surface area (Å²) in [4.78, 5) is 30.3. The number of nitrogens with one attached hydrogen (secondary N) is 1. The van der Waals surface area contributed by atoms with Gasteiger partial charge in [0.1, 0.15) is 0 Å². The molecule has 8 heteroatoms. The van der Waals surface area contributed by atoms with E-state index in [0.717, 1.165) is 5.56 Å². The van der Waals surface area contributed by atoms with Gasteiger partial charge < -0.3 is 19.5 Å². The predicted molar refractivity (Wildman–Crippen MR) is 97.6 cm³/mol. The van der Waals surface area contributed by atoms with Crippen molar-refractivity contribution < 1.29 is 18.8 Å². The van der Waals surface area contributed by atoms with Crippen molar-refractivity contribution in [1.82, 2.24) is 20.4 Å². The predicted octanol–water partition coefficient (Wildman–Crippen LogP) is 1.28. The summed E-state index contributed by atoms with van der Waals surface area (Å²) in [6.07, 6.45) is 1.43. The first kappa shape index (κ1) is 19.0. The van der Waals surface area contributed by atoms with Crippen molar-refractivity contribution in [3.8, 4) is 11.4 Å². The van der Waals surface area contributed by atoms with Crippen LogP contribution in [0.25, 0.3) is 11.4 Å². The first-order valence-corrected chi connectivity index (χ1v) is 9.10. The van der Waals surface area contributed by atoms with E-state index in [1.807, 2.05) is 30.3 Å². The number of hydrogen-bond acceptors (Lipinski definition) is 6. The van der Waals surface area contributed by atoms with E-state index in [1.54, 1.807) is 12.0 Å². The number of aromatic nitrogens is 2. The maximum atomic E-state index is 12.4. The van der Waals surface area contributed by atoms with Crippen molar-refractivity contribution in [3.05, 3.63) is 36.2 Å². The van der Waals surface area contributed by atoms with Crippen LogP contribution in [-0.4, -0.2) is 60.2 Å². The summed E-state index contributed by atoms with van der Waals surface area (Å²) in [5.74, 6) is 0.858. The molecule has 1 unspecified atom stereocenters. The Balaban J connectivity index is 1.45. The van der Waals surface area contributed by atoms with Crippen molar-refractivity contribution in [3.63, 3.8) is 0 Å². The van der Waals surface area contributed by atoms with Crippen molar-refractivity contribution >= 4 is 11.8 Å². The Kier molecular flexibility index (Phi) is 6.54. The third-order valence-corrected chi connectivity index (χ3v) is 4.57. The fourth-order valence-corrected chi connectivity index (χ4v) is 3.04. The third kappa shape index (κ3) is 5.13. The van der Waals surface area contributed by atoms with Crippen molar-refractivity contribution in [2.75, 3.05) is 33.4 Å². The third-order valence-electron chi connectivity index (χ3n) is 4.57. The maximum Gasteiger partial charge on any atom is 0.228 e. The Bertz CT molecular complexity index is 762. The lowest BCUT2D eigenvalue weighted by Gasteiger charge is -2.31. The minimum absolute atomic E-state index is 0.0484. The van der Waals surface area contributed by atoms with Crippen LogP contribution >= 0.6 is 0 Å². The number of hydrogen-bond donors (Lipinski definition) is 1. The first-order chi connectivity index (χ1) is 13.2. The molecule has 1 aliphatic heterocycles. The van der Waals surface area contributed by atoms with Gasteiger partial charge in [0.15, 0.2) is 0 Å². The summed E-state index contributed by atoms with van der Waals surface area (Å²) in [7, 11) is 1.60. The Hall–Kier alpha value is -2.74. The quantitative estimate of drug-likeness (QED) is 0.750. The number of amides is 2. The van der Waals surface area contributed by atoms with Gasteiger partial charge in [0.25, 0.3) is 0 Å². The number of rotatable bonds is 8. The zero-order valence-corrected chi connectivity index (χ0v) is 15.4. The number of nitrogens with zero attached hydrogens (tertiary/aromatic N) is 3. The number of methoxy groups -OCH3 is 1. The van der Waals surface area contributed by atoms with Crippen molar-refractivity contribution in [2.24, 2.45) is 5.92 Å². The molecule has 8 nitrogen and oxygen atoms in total. The van der Waals surface area contributed by atoms with Gasteiger partial charge in [-0.05, 0) is 6.42 Å². The number of carbonyl (C=O) groups is 2. The van der Waals surface area contributed by atoms with Crippen LogP contribution in [0.1, 0.15) is 18.7 Å². The van der Waals surface area contributed by atoms with Gasteiger partial charge in [-0.2, -0.15) is 4.98 Å². The van der Waals surface area contributed by atoms with Crippen molar-refractivity contribution in [1.29, 1.82) is 0 Å². The fourth-order valence-electron chi connectivity index (χ4n) is 3.04. The van der Waals surface area contributed by atoms with Crippen LogP contribution < -0.4 is 5.32 Å². The molecule has 1 aromatic heterocycles. The molecule has 27 heavy (non-hydrogen) atoms. The molecule has 1 atom stereocenters. The topological polar surface area (TPSA) is 97.6 Å². The molecule has 0 bridgehead atoms. The minimum Gasteiger partial charge on any atom is -0.383 e. The number of carbonyl (C=O) groups excluding carboxylic acids is 2. The number of ether oxygens (including phenoxy) is 1. The molecule has 2 amide bonds. The molecular weight excluding hydrogens is 348 g/mol. The Morgan fingerprint density at radius 1 is 1.37 bits per heavy atom. The second kappa shape index (κ2) is 9.27. The van der Waals surface area contributed by atoms with Gasteiger partial charge in [0, 0.05) is 45.1 Å². The van der Waals surface area contributed by atoms with E-state index in [9.17, 15) is 9.59 Å². The van der Waals surface area contributed by atoms with Gasteiger partial charge in [0.2, 0.25) is 23.5 Å². The molecule has 0 saturated carbocycles. The zero-order valence-electron chi connectivity index (χ0n) is 15.4. The summed E-state index contributed by atoms with van der Waals surface area (Å²) in [5, 5.41) is 6.87. The number of likely N-dealkylation sites (tertiary alicyclic amines) is 1. The lowest BCUT2D eigenvalue weighted by atomic mass is 9.96. The van der Waals surface area contributed by atoms with E-state index in [0.29, 0.717) is 57.2 Å². The smallest absolute Gasteiger partial charge is 0.228 e. The van der Waals surface area contributed by atoms with Crippen LogP contribution in [0.4, 0.5) is 0 Å². The van der Waals surface area contributed by atoms with Gasteiger partial charge >= 0.3 is 0 Å². The van der Waals surface area contributed by atoms with Crippen LogP contribution in [0.15, 0.2) is 34.9 Å². The summed E-state index contributed by atoms with van der Waals surface area (Å²) >= 11 is 0. The van der Waals surface area contributed by atoms with Crippen LogP contribution in [0.2, 0.25) is 0 Å². The lowest BCUT2D eigenvalue weighted by Crippen LogP contribution is -2.47. The summed E-state index contributed by atoms with van der Waals surface area (Å²) in [6, 6.07) is 9.58. The van der Waals surface area contributed by atoms with Crippen LogP contribution in [-0.2, 0) is 20.7 Å². The number of benzene rings is 1. The minimum atomic E-state index is -0.192. The highest BCUT2D eigenvalue weighted by Crippen LogP contribution is 2.18. The van der Waals surface area contributed by atoms with Gasteiger partial charge in [-0.3, -0.25) is 9.59 Å². The average Bonchev–Trinajstić information content (AvgIpc) is 3.17.